The van der Waals surface area contributed by atoms with E-state index in [1.807, 2.05) is 0 Å². The number of H-pyrrole nitrogens is 1. The average Bonchev–Trinajstić information content (AvgIpc) is 2.74. The van der Waals surface area contributed by atoms with E-state index in [-0.39, 0.29) is 17.6 Å². The number of aryl methyl sites for hydroxylation is 1. The number of benzene rings is 1. The molecule has 0 bridgehead atoms. The minimum absolute atomic E-state index is 0.0810. The third kappa shape index (κ3) is 2.04. The van der Waals surface area contributed by atoms with E-state index in [0.29, 0.717) is 11.2 Å². The van der Waals surface area contributed by atoms with Gasteiger partial charge in [-0.3, -0.25) is 9.89 Å². The first-order valence-corrected chi connectivity index (χ1v) is 5.78. The van der Waals surface area contributed by atoms with E-state index in [9.17, 15) is 13.6 Å². The highest BCUT2D eigenvalue weighted by Gasteiger charge is 2.11. The van der Waals surface area contributed by atoms with Gasteiger partial charge in [0.1, 0.15) is 17.2 Å². The van der Waals surface area contributed by atoms with Crippen molar-refractivity contribution in [2.75, 3.05) is 0 Å². The first kappa shape index (κ1) is 12.4. The van der Waals surface area contributed by atoms with Crippen LogP contribution in [-0.2, 0) is 6.54 Å². The molecule has 0 saturated heterocycles. The fourth-order valence-corrected chi connectivity index (χ4v) is 1.93. The molecule has 2 aromatic heterocycles. The minimum Gasteiger partial charge on any atom is -0.280 e. The van der Waals surface area contributed by atoms with Gasteiger partial charge >= 0.3 is 0 Å². The zero-order valence-corrected chi connectivity index (χ0v) is 10.4. The highest BCUT2D eigenvalue weighted by Crippen LogP contribution is 2.09. The van der Waals surface area contributed by atoms with Crippen LogP contribution in [0.15, 0.2) is 23.0 Å². The molecule has 0 radical (unpaired) electrons. The van der Waals surface area contributed by atoms with Crippen LogP contribution in [0.25, 0.3) is 11.0 Å². The topological polar surface area (TPSA) is 76.5 Å². The Morgan fingerprint density at radius 3 is 2.60 bits per heavy atom. The van der Waals surface area contributed by atoms with Crippen molar-refractivity contribution in [2.24, 2.45) is 0 Å². The zero-order chi connectivity index (χ0) is 14.3. The van der Waals surface area contributed by atoms with E-state index in [2.05, 4.69) is 20.5 Å². The van der Waals surface area contributed by atoms with Gasteiger partial charge in [0.05, 0.1) is 12.2 Å². The van der Waals surface area contributed by atoms with Crippen LogP contribution < -0.4 is 5.56 Å². The molecule has 0 fully saturated rings. The number of hydrogen-bond donors (Lipinski definition) is 1. The van der Waals surface area contributed by atoms with Crippen molar-refractivity contribution in [3.8, 4) is 0 Å². The van der Waals surface area contributed by atoms with Crippen molar-refractivity contribution in [2.45, 2.75) is 13.5 Å². The molecule has 6 nitrogen and oxygen atoms in total. The number of nitrogens with zero attached hydrogens (tertiary/aromatic N) is 4. The summed E-state index contributed by atoms with van der Waals surface area (Å²) in [6, 6.07) is 3.03. The highest BCUT2D eigenvalue weighted by molar-refractivity contribution is 5.74. The maximum Gasteiger partial charge on any atom is 0.298 e. The summed E-state index contributed by atoms with van der Waals surface area (Å²) >= 11 is 0. The van der Waals surface area contributed by atoms with Gasteiger partial charge in [0.25, 0.3) is 5.56 Å². The number of aromatic nitrogens is 5. The summed E-state index contributed by atoms with van der Waals surface area (Å²) in [6.07, 6.45) is 0. The molecule has 1 aromatic carbocycles. The Labute approximate surface area is 111 Å². The van der Waals surface area contributed by atoms with Gasteiger partial charge in [0.2, 0.25) is 0 Å². The van der Waals surface area contributed by atoms with Crippen LogP contribution in [0.3, 0.4) is 0 Å². The molecule has 2 heterocycles. The van der Waals surface area contributed by atoms with Gasteiger partial charge in [-0.15, -0.1) is 5.10 Å². The Hall–Kier alpha value is -2.64. The second-order valence-corrected chi connectivity index (χ2v) is 4.38. The van der Waals surface area contributed by atoms with E-state index >= 15 is 0 Å². The summed E-state index contributed by atoms with van der Waals surface area (Å²) in [4.78, 5) is 12.1. The van der Waals surface area contributed by atoms with Crippen molar-refractivity contribution >= 4 is 11.0 Å². The molecule has 102 valence electrons. The number of fused-ring (bicyclic) bond motifs is 1. The Bertz CT molecular complexity index is 834. The summed E-state index contributed by atoms with van der Waals surface area (Å²) in [5.41, 5.74) is 0.981. The predicted molar refractivity (Wildman–Crippen MR) is 66.1 cm³/mol. The third-order valence-electron chi connectivity index (χ3n) is 2.86. The molecule has 0 unspecified atom stereocenters. The van der Waals surface area contributed by atoms with Crippen LogP contribution in [-0.4, -0.2) is 25.2 Å². The maximum absolute atomic E-state index is 13.1. The number of nitrogens with one attached hydrogen (secondary N) is 1. The van der Waals surface area contributed by atoms with Crippen molar-refractivity contribution in [1.82, 2.24) is 25.2 Å². The first-order chi connectivity index (χ1) is 9.54. The van der Waals surface area contributed by atoms with Gasteiger partial charge in [0.15, 0.2) is 5.52 Å². The van der Waals surface area contributed by atoms with Gasteiger partial charge in [0, 0.05) is 6.07 Å². The Morgan fingerprint density at radius 1 is 1.20 bits per heavy atom. The lowest BCUT2D eigenvalue weighted by Gasteiger charge is -2.04. The third-order valence-corrected chi connectivity index (χ3v) is 2.86. The Morgan fingerprint density at radius 2 is 1.90 bits per heavy atom. The van der Waals surface area contributed by atoms with Gasteiger partial charge in [-0.2, -0.15) is 5.10 Å². The molecule has 3 aromatic rings. The van der Waals surface area contributed by atoms with Crippen molar-refractivity contribution in [3.05, 3.63) is 51.4 Å². The zero-order valence-electron chi connectivity index (χ0n) is 10.4. The van der Waals surface area contributed by atoms with Crippen LogP contribution in [0.1, 0.15) is 11.3 Å². The second-order valence-electron chi connectivity index (χ2n) is 4.38. The van der Waals surface area contributed by atoms with Crippen molar-refractivity contribution in [1.29, 1.82) is 0 Å². The highest BCUT2D eigenvalue weighted by atomic mass is 19.1. The lowest BCUT2D eigenvalue weighted by Crippen LogP contribution is -2.25. The molecule has 0 amide bonds. The summed E-state index contributed by atoms with van der Waals surface area (Å²) in [7, 11) is 0. The van der Waals surface area contributed by atoms with Gasteiger partial charge in [-0.1, -0.05) is 5.21 Å². The fraction of sp³-hybridized carbons (Fsp3) is 0.167. The number of hydrogen-bond acceptors (Lipinski definition) is 4. The van der Waals surface area contributed by atoms with E-state index in [1.165, 1.54) is 0 Å². The largest absolute Gasteiger partial charge is 0.298 e. The second kappa shape index (κ2) is 4.48. The molecule has 20 heavy (non-hydrogen) atoms. The van der Waals surface area contributed by atoms with Crippen molar-refractivity contribution < 1.29 is 8.78 Å². The number of halogens is 2. The van der Waals surface area contributed by atoms with Gasteiger partial charge < -0.3 is 0 Å². The lowest BCUT2D eigenvalue weighted by atomic mass is 10.2. The Kier molecular flexibility index (Phi) is 2.78. The normalized spacial score (nSPS) is 11.2. The lowest BCUT2D eigenvalue weighted by molar-refractivity contribution is 0.563. The molecule has 1 N–H and O–H groups in total. The van der Waals surface area contributed by atoms with Crippen LogP contribution >= 0.6 is 0 Å². The Balaban J connectivity index is 2.06. The fourth-order valence-electron chi connectivity index (χ4n) is 1.93. The molecule has 0 aliphatic rings. The quantitative estimate of drug-likeness (QED) is 0.762. The van der Waals surface area contributed by atoms with Crippen LogP contribution in [0.4, 0.5) is 8.78 Å². The summed E-state index contributed by atoms with van der Waals surface area (Å²) in [5.74, 6) is -1.42. The summed E-state index contributed by atoms with van der Waals surface area (Å²) < 4.78 is 27.2. The molecule has 0 atom stereocenters. The van der Waals surface area contributed by atoms with E-state index in [4.69, 9.17) is 0 Å². The number of aromatic amines is 1. The van der Waals surface area contributed by atoms with E-state index < -0.39 is 17.2 Å². The molecule has 0 aliphatic carbocycles. The van der Waals surface area contributed by atoms with Gasteiger partial charge in [-0.25, -0.2) is 13.5 Å². The molecule has 8 heteroatoms. The van der Waals surface area contributed by atoms with Crippen LogP contribution in [0.2, 0.25) is 0 Å². The SMILES string of the molecule is Cc1[nH]nc2c(=O)n(Cc3cc(F)cc(F)c3)nnc12. The molecule has 0 saturated carbocycles. The molecule has 0 spiro atoms. The molecular weight excluding hydrogens is 268 g/mol. The van der Waals surface area contributed by atoms with E-state index in [1.54, 1.807) is 6.92 Å². The molecule has 3 rings (SSSR count). The summed E-state index contributed by atoms with van der Waals surface area (Å²) in [6.45, 7) is 1.64. The maximum atomic E-state index is 13.1. The molecular formula is C12H9F2N5O. The van der Waals surface area contributed by atoms with Crippen LogP contribution in [0, 0.1) is 18.6 Å². The first-order valence-electron chi connectivity index (χ1n) is 5.78. The molecule has 0 aliphatic heterocycles. The van der Waals surface area contributed by atoms with Gasteiger partial charge in [-0.05, 0) is 24.6 Å². The standard InChI is InChI=1S/C12H9F2N5O/c1-6-10-11(16-15-6)12(20)19(18-17-10)5-7-2-8(13)4-9(14)3-7/h2-4H,5H2,1H3,(H,15,16). The average molecular weight is 277 g/mol. The monoisotopic (exact) mass is 277 g/mol. The smallest absolute Gasteiger partial charge is 0.280 e. The summed E-state index contributed by atoms with van der Waals surface area (Å²) in [5, 5.41) is 14.1. The minimum atomic E-state index is -0.710. The van der Waals surface area contributed by atoms with Crippen molar-refractivity contribution in [3.63, 3.8) is 0 Å². The number of rotatable bonds is 2. The van der Waals surface area contributed by atoms with Crippen LogP contribution in [0.5, 0.6) is 0 Å². The van der Waals surface area contributed by atoms with E-state index in [0.717, 1.165) is 22.9 Å². The predicted octanol–water partition coefficient (Wildman–Crippen LogP) is 1.15.